The summed E-state index contributed by atoms with van der Waals surface area (Å²) in [5.41, 5.74) is 1.69. The fourth-order valence-electron chi connectivity index (χ4n) is 3.14. The van der Waals surface area contributed by atoms with E-state index in [1.807, 2.05) is 18.2 Å². The predicted octanol–water partition coefficient (Wildman–Crippen LogP) is 2.49. The summed E-state index contributed by atoms with van der Waals surface area (Å²) in [6.45, 7) is 1.48. The van der Waals surface area contributed by atoms with E-state index in [9.17, 15) is 14.4 Å². The molecule has 3 N–H and O–H groups in total. The van der Waals surface area contributed by atoms with Crippen LogP contribution in [-0.4, -0.2) is 47.0 Å². The third-order valence-electron chi connectivity index (χ3n) is 4.80. The second kappa shape index (κ2) is 9.03. The van der Waals surface area contributed by atoms with Gasteiger partial charge in [0, 0.05) is 31.2 Å². The number of nitrogens with one attached hydrogen (secondary N) is 2. The molecule has 0 unspecified atom stereocenters. The summed E-state index contributed by atoms with van der Waals surface area (Å²) >= 11 is 0. The molecule has 0 aliphatic carbocycles. The number of nitrogens with zero attached hydrogens (tertiary/aromatic N) is 1. The van der Waals surface area contributed by atoms with Gasteiger partial charge < -0.3 is 20.6 Å². The molecule has 2 aromatic carbocycles. The molecule has 1 aliphatic rings. The van der Waals surface area contributed by atoms with E-state index in [-0.39, 0.29) is 23.5 Å². The molecule has 28 heavy (non-hydrogen) atoms. The number of urea groups is 1. The van der Waals surface area contributed by atoms with E-state index in [4.69, 9.17) is 5.11 Å². The van der Waals surface area contributed by atoms with Crippen LogP contribution in [0.25, 0.3) is 0 Å². The summed E-state index contributed by atoms with van der Waals surface area (Å²) < 4.78 is 0. The number of piperidine rings is 1. The first kappa shape index (κ1) is 19.4. The van der Waals surface area contributed by atoms with Gasteiger partial charge in [0.05, 0.1) is 5.56 Å². The van der Waals surface area contributed by atoms with Gasteiger partial charge in [-0.15, -0.1) is 0 Å². The molecule has 0 bridgehead atoms. The van der Waals surface area contributed by atoms with Crippen LogP contribution in [0.1, 0.15) is 39.1 Å². The van der Waals surface area contributed by atoms with Crippen LogP contribution in [0, 0.1) is 0 Å². The van der Waals surface area contributed by atoms with E-state index < -0.39 is 5.97 Å². The number of amides is 3. The molecule has 1 fully saturated rings. The summed E-state index contributed by atoms with van der Waals surface area (Å²) in [6, 6.07) is 15.4. The van der Waals surface area contributed by atoms with Crippen molar-refractivity contribution < 1.29 is 19.5 Å². The Balaban J connectivity index is 1.42. The zero-order valence-corrected chi connectivity index (χ0v) is 15.4. The molecule has 2 aromatic rings. The van der Waals surface area contributed by atoms with Crippen LogP contribution < -0.4 is 10.6 Å². The standard InChI is InChI=1S/C21H23N3O4/c25-19(16-4-2-1-3-5-16)23-18-10-12-24(13-11-18)21(28)22-14-15-6-8-17(9-7-15)20(26)27/h1-9,18H,10-14H2,(H,22,28)(H,23,25)(H,26,27). The SMILES string of the molecule is O=C(O)c1ccc(CNC(=O)N2CCC(NC(=O)c3ccccc3)CC2)cc1. The molecule has 3 amide bonds. The number of carbonyl (C=O) groups is 3. The van der Waals surface area contributed by atoms with E-state index in [0.29, 0.717) is 38.0 Å². The Morgan fingerprint density at radius 3 is 2.18 bits per heavy atom. The van der Waals surface area contributed by atoms with Gasteiger partial charge in [0.1, 0.15) is 0 Å². The lowest BCUT2D eigenvalue weighted by Gasteiger charge is -2.32. The Kier molecular flexibility index (Phi) is 6.26. The molecule has 0 aromatic heterocycles. The smallest absolute Gasteiger partial charge is 0.335 e. The van der Waals surface area contributed by atoms with Crippen molar-refractivity contribution in [2.75, 3.05) is 13.1 Å². The maximum Gasteiger partial charge on any atom is 0.335 e. The van der Waals surface area contributed by atoms with Crippen LogP contribution in [0.15, 0.2) is 54.6 Å². The molecule has 1 saturated heterocycles. The second-order valence-electron chi connectivity index (χ2n) is 6.76. The van der Waals surface area contributed by atoms with Crippen LogP contribution in [0.4, 0.5) is 4.79 Å². The van der Waals surface area contributed by atoms with Crippen LogP contribution in [-0.2, 0) is 6.54 Å². The van der Waals surface area contributed by atoms with Crippen molar-refractivity contribution in [3.8, 4) is 0 Å². The Morgan fingerprint density at radius 2 is 1.57 bits per heavy atom. The first-order chi connectivity index (χ1) is 13.5. The number of benzene rings is 2. The molecule has 0 saturated carbocycles. The number of carboxylic acids is 1. The second-order valence-corrected chi connectivity index (χ2v) is 6.76. The largest absolute Gasteiger partial charge is 0.478 e. The third kappa shape index (κ3) is 5.09. The van der Waals surface area contributed by atoms with Gasteiger partial charge in [0.25, 0.3) is 5.91 Å². The summed E-state index contributed by atoms with van der Waals surface area (Å²) in [5.74, 6) is -1.06. The lowest BCUT2D eigenvalue weighted by Crippen LogP contribution is -2.49. The summed E-state index contributed by atoms with van der Waals surface area (Å²) in [7, 11) is 0. The molecule has 3 rings (SSSR count). The molecular formula is C21H23N3O4. The highest BCUT2D eigenvalue weighted by Gasteiger charge is 2.24. The molecular weight excluding hydrogens is 358 g/mol. The predicted molar refractivity (Wildman–Crippen MR) is 104 cm³/mol. The summed E-state index contributed by atoms with van der Waals surface area (Å²) in [5, 5.41) is 14.8. The number of hydrogen-bond donors (Lipinski definition) is 3. The molecule has 1 aliphatic heterocycles. The van der Waals surface area contributed by atoms with E-state index >= 15 is 0 Å². The molecule has 7 nitrogen and oxygen atoms in total. The van der Waals surface area contributed by atoms with Crippen molar-refractivity contribution in [2.24, 2.45) is 0 Å². The first-order valence-electron chi connectivity index (χ1n) is 9.24. The van der Waals surface area contributed by atoms with E-state index in [2.05, 4.69) is 10.6 Å². The molecule has 1 heterocycles. The van der Waals surface area contributed by atoms with Crippen molar-refractivity contribution in [1.82, 2.24) is 15.5 Å². The highest BCUT2D eigenvalue weighted by molar-refractivity contribution is 5.94. The van der Waals surface area contributed by atoms with Gasteiger partial charge in [-0.05, 0) is 42.7 Å². The summed E-state index contributed by atoms with van der Waals surface area (Å²) in [6.07, 6.45) is 1.42. The van der Waals surface area contributed by atoms with Crippen molar-refractivity contribution in [3.05, 3.63) is 71.3 Å². The summed E-state index contributed by atoms with van der Waals surface area (Å²) in [4.78, 5) is 37.1. The van der Waals surface area contributed by atoms with Gasteiger partial charge >= 0.3 is 12.0 Å². The molecule has 0 atom stereocenters. The Bertz CT molecular complexity index is 828. The maximum atomic E-state index is 12.3. The van der Waals surface area contributed by atoms with Crippen LogP contribution in [0.5, 0.6) is 0 Å². The van der Waals surface area contributed by atoms with Crippen molar-refractivity contribution >= 4 is 17.9 Å². The van der Waals surface area contributed by atoms with Crippen molar-refractivity contribution in [2.45, 2.75) is 25.4 Å². The minimum atomic E-state index is -0.974. The Morgan fingerprint density at radius 1 is 0.929 bits per heavy atom. The lowest BCUT2D eigenvalue weighted by molar-refractivity contribution is 0.0696. The quantitative estimate of drug-likeness (QED) is 0.741. The molecule has 0 spiro atoms. The average Bonchev–Trinajstić information content (AvgIpc) is 2.73. The van der Waals surface area contributed by atoms with Crippen LogP contribution >= 0.6 is 0 Å². The number of aromatic carboxylic acids is 1. The zero-order chi connectivity index (χ0) is 19.9. The minimum Gasteiger partial charge on any atom is -0.478 e. The first-order valence-corrected chi connectivity index (χ1v) is 9.24. The number of carbonyl (C=O) groups excluding carboxylic acids is 2. The van der Waals surface area contributed by atoms with E-state index in [1.165, 1.54) is 12.1 Å². The number of hydrogen-bond acceptors (Lipinski definition) is 3. The normalized spacial score (nSPS) is 14.4. The monoisotopic (exact) mass is 381 g/mol. The van der Waals surface area contributed by atoms with E-state index in [1.54, 1.807) is 29.2 Å². The van der Waals surface area contributed by atoms with Crippen molar-refractivity contribution in [3.63, 3.8) is 0 Å². The molecule has 146 valence electrons. The van der Waals surface area contributed by atoms with Crippen LogP contribution in [0.3, 0.4) is 0 Å². The Hall–Kier alpha value is -3.35. The third-order valence-corrected chi connectivity index (χ3v) is 4.80. The van der Waals surface area contributed by atoms with Gasteiger partial charge in [-0.25, -0.2) is 9.59 Å². The van der Waals surface area contributed by atoms with Gasteiger partial charge in [-0.2, -0.15) is 0 Å². The number of likely N-dealkylation sites (tertiary alicyclic amines) is 1. The lowest BCUT2D eigenvalue weighted by atomic mass is 10.0. The van der Waals surface area contributed by atoms with Gasteiger partial charge in [-0.3, -0.25) is 4.79 Å². The topological polar surface area (TPSA) is 98.7 Å². The number of carboxylic acid groups (broad SMARTS) is 1. The average molecular weight is 381 g/mol. The highest BCUT2D eigenvalue weighted by Crippen LogP contribution is 2.12. The molecule has 7 heteroatoms. The van der Waals surface area contributed by atoms with Gasteiger partial charge in [0.2, 0.25) is 0 Å². The van der Waals surface area contributed by atoms with E-state index in [0.717, 1.165) is 5.56 Å². The number of rotatable bonds is 5. The highest BCUT2D eigenvalue weighted by atomic mass is 16.4. The maximum absolute atomic E-state index is 12.3. The van der Waals surface area contributed by atoms with Gasteiger partial charge in [0.15, 0.2) is 0 Å². The van der Waals surface area contributed by atoms with Crippen molar-refractivity contribution in [1.29, 1.82) is 0 Å². The Labute approximate surface area is 163 Å². The van der Waals surface area contributed by atoms with Crippen LogP contribution in [0.2, 0.25) is 0 Å². The fraction of sp³-hybridized carbons (Fsp3) is 0.286. The molecule has 0 radical (unpaired) electrons. The zero-order valence-electron chi connectivity index (χ0n) is 15.4. The van der Waals surface area contributed by atoms with Gasteiger partial charge in [-0.1, -0.05) is 30.3 Å². The minimum absolute atomic E-state index is 0.0559. The fourth-order valence-corrected chi connectivity index (χ4v) is 3.14.